The third-order valence-electron chi connectivity index (χ3n) is 5.25. The molecule has 140 valence electrons. The maximum Gasteiger partial charge on any atom is 0.251 e. The Hall–Kier alpha value is -2.66. The van der Waals surface area contributed by atoms with Gasteiger partial charge >= 0.3 is 0 Å². The molecule has 1 aliphatic heterocycles. The Labute approximate surface area is 160 Å². The Morgan fingerprint density at radius 3 is 2.59 bits per heavy atom. The molecule has 1 aliphatic rings. The number of aromatic nitrogens is 2. The molecule has 4 rings (SSSR count). The summed E-state index contributed by atoms with van der Waals surface area (Å²) < 4.78 is 2.04. The molecule has 1 aromatic heterocycles. The fraction of sp³-hybridized carbons (Fsp3) is 0.364. The highest BCUT2D eigenvalue weighted by atomic mass is 16.1. The molecule has 27 heavy (non-hydrogen) atoms. The number of amides is 1. The van der Waals surface area contributed by atoms with Gasteiger partial charge in [-0.1, -0.05) is 18.6 Å². The Morgan fingerprint density at radius 1 is 1.00 bits per heavy atom. The number of carbonyl (C=O) groups excluding carboxylic acids is 1. The monoisotopic (exact) mass is 362 g/mol. The summed E-state index contributed by atoms with van der Waals surface area (Å²) >= 11 is 0. The van der Waals surface area contributed by atoms with Crippen LogP contribution in [0.4, 0.5) is 0 Å². The van der Waals surface area contributed by atoms with Crippen LogP contribution in [-0.4, -0.2) is 46.5 Å². The smallest absolute Gasteiger partial charge is 0.251 e. The molecule has 3 aromatic rings. The van der Waals surface area contributed by atoms with Crippen LogP contribution in [0, 0.1) is 0 Å². The van der Waals surface area contributed by atoms with E-state index in [-0.39, 0.29) is 5.91 Å². The summed E-state index contributed by atoms with van der Waals surface area (Å²) in [7, 11) is 0. The maximum atomic E-state index is 12.4. The average molecular weight is 362 g/mol. The largest absolute Gasteiger partial charge is 0.352 e. The number of fused-ring (bicyclic) bond motifs is 1. The standard InChI is InChI=1S/C22H26N4O/c27-22(23-13-6-16-25-14-4-1-5-15-25)18-9-11-19(12-10-18)26-17-24-20-7-2-3-8-21(20)26/h2-3,7-12,17H,1,4-6,13-16H2,(H,23,27). The van der Waals surface area contributed by atoms with Gasteiger partial charge in [-0.15, -0.1) is 0 Å². The molecule has 5 heteroatoms. The number of nitrogens with one attached hydrogen (secondary N) is 1. The third kappa shape index (κ3) is 4.19. The van der Waals surface area contributed by atoms with E-state index in [1.807, 2.05) is 59.4 Å². The van der Waals surface area contributed by atoms with E-state index in [4.69, 9.17) is 0 Å². The highest BCUT2D eigenvalue weighted by molar-refractivity contribution is 5.94. The Kier molecular flexibility index (Phi) is 5.49. The number of likely N-dealkylation sites (tertiary alicyclic amines) is 1. The zero-order valence-electron chi connectivity index (χ0n) is 15.6. The summed E-state index contributed by atoms with van der Waals surface area (Å²) in [6, 6.07) is 15.7. The van der Waals surface area contributed by atoms with Gasteiger partial charge in [0.1, 0.15) is 6.33 Å². The van der Waals surface area contributed by atoms with Crippen molar-refractivity contribution in [2.45, 2.75) is 25.7 Å². The first-order chi connectivity index (χ1) is 13.3. The van der Waals surface area contributed by atoms with Crippen molar-refractivity contribution >= 4 is 16.9 Å². The normalized spacial score (nSPS) is 15.1. The summed E-state index contributed by atoms with van der Waals surface area (Å²) in [5.41, 5.74) is 3.73. The van der Waals surface area contributed by atoms with E-state index in [0.29, 0.717) is 5.56 Å². The number of carbonyl (C=O) groups is 1. The quantitative estimate of drug-likeness (QED) is 0.681. The summed E-state index contributed by atoms with van der Waals surface area (Å²) in [5, 5.41) is 3.04. The summed E-state index contributed by atoms with van der Waals surface area (Å²) in [6.45, 7) is 4.22. The third-order valence-corrected chi connectivity index (χ3v) is 5.25. The van der Waals surface area contributed by atoms with Crippen molar-refractivity contribution < 1.29 is 4.79 Å². The molecule has 1 fully saturated rings. The Morgan fingerprint density at radius 2 is 1.78 bits per heavy atom. The van der Waals surface area contributed by atoms with Gasteiger partial charge in [-0.3, -0.25) is 9.36 Å². The van der Waals surface area contributed by atoms with Crippen LogP contribution in [-0.2, 0) is 0 Å². The number of piperidine rings is 1. The van der Waals surface area contributed by atoms with Crippen LogP contribution < -0.4 is 5.32 Å². The molecule has 0 radical (unpaired) electrons. The van der Waals surface area contributed by atoms with E-state index >= 15 is 0 Å². The van der Waals surface area contributed by atoms with Gasteiger partial charge in [-0.25, -0.2) is 4.98 Å². The van der Waals surface area contributed by atoms with Crippen molar-refractivity contribution in [2.24, 2.45) is 0 Å². The molecule has 1 amide bonds. The molecular weight excluding hydrogens is 336 g/mol. The summed E-state index contributed by atoms with van der Waals surface area (Å²) in [6.07, 6.45) is 6.80. The van der Waals surface area contributed by atoms with Crippen LogP contribution in [0.2, 0.25) is 0 Å². The number of hydrogen-bond acceptors (Lipinski definition) is 3. The molecule has 2 heterocycles. The van der Waals surface area contributed by atoms with Crippen molar-refractivity contribution in [3.05, 3.63) is 60.4 Å². The topological polar surface area (TPSA) is 50.2 Å². The summed E-state index contributed by atoms with van der Waals surface area (Å²) in [4.78, 5) is 19.3. The lowest BCUT2D eigenvalue weighted by molar-refractivity contribution is 0.0951. The Balaban J connectivity index is 1.32. The van der Waals surface area contributed by atoms with E-state index in [2.05, 4.69) is 15.2 Å². The van der Waals surface area contributed by atoms with Gasteiger partial charge in [0, 0.05) is 17.8 Å². The highest BCUT2D eigenvalue weighted by Crippen LogP contribution is 2.18. The van der Waals surface area contributed by atoms with Gasteiger partial charge in [0.25, 0.3) is 5.91 Å². The van der Waals surface area contributed by atoms with Crippen LogP contribution in [0.25, 0.3) is 16.7 Å². The van der Waals surface area contributed by atoms with E-state index in [0.717, 1.165) is 36.2 Å². The predicted octanol–water partition coefficient (Wildman–Crippen LogP) is 3.63. The molecule has 0 atom stereocenters. The minimum Gasteiger partial charge on any atom is -0.352 e. The van der Waals surface area contributed by atoms with Crippen LogP contribution in [0.1, 0.15) is 36.0 Å². The maximum absolute atomic E-state index is 12.4. The van der Waals surface area contributed by atoms with Crippen molar-refractivity contribution in [1.82, 2.24) is 19.8 Å². The van der Waals surface area contributed by atoms with Gasteiger partial charge < -0.3 is 10.2 Å². The molecular formula is C22H26N4O. The van der Waals surface area contributed by atoms with Crippen LogP contribution >= 0.6 is 0 Å². The number of nitrogens with zero attached hydrogens (tertiary/aromatic N) is 3. The lowest BCUT2D eigenvalue weighted by atomic mass is 10.1. The lowest BCUT2D eigenvalue weighted by Gasteiger charge is -2.26. The van der Waals surface area contributed by atoms with E-state index in [1.54, 1.807) is 0 Å². The molecule has 0 bridgehead atoms. The minimum atomic E-state index is -0.00400. The molecule has 1 saturated heterocycles. The van der Waals surface area contributed by atoms with E-state index < -0.39 is 0 Å². The van der Waals surface area contributed by atoms with Crippen molar-refractivity contribution in [3.63, 3.8) is 0 Å². The van der Waals surface area contributed by atoms with Gasteiger partial charge in [-0.2, -0.15) is 0 Å². The van der Waals surface area contributed by atoms with Gasteiger partial charge in [0.15, 0.2) is 0 Å². The van der Waals surface area contributed by atoms with Crippen molar-refractivity contribution in [3.8, 4) is 5.69 Å². The fourth-order valence-corrected chi connectivity index (χ4v) is 3.73. The SMILES string of the molecule is O=C(NCCCN1CCCCC1)c1ccc(-n2cnc3ccccc32)cc1. The first kappa shape index (κ1) is 17.7. The van der Waals surface area contributed by atoms with E-state index in [1.165, 1.54) is 32.4 Å². The zero-order valence-corrected chi connectivity index (χ0v) is 15.6. The van der Waals surface area contributed by atoms with Crippen molar-refractivity contribution in [2.75, 3.05) is 26.2 Å². The number of rotatable bonds is 6. The van der Waals surface area contributed by atoms with Gasteiger partial charge in [0.2, 0.25) is 0 Å². The molecule has 5 nitrogen and oxygen atoms in total. The van der Waals surface area contributed by atoms with Crippen molar-refractivity contribution in [1.29, 1.82) is 0 Å². The van der Waals surface area contributed by atoms with Gasteiger partial charge in [0.05, 0.1) is 11.0 Å². The molecule has 0 spiro atoms. The molecule has 1 N–H and O–H groups in total. The van der Waals surface area contributed by atoms with Gasteiger partial charge in [-0.05, 0) is 75.3 Å². The second-order valence-corrected chi connectivity index (χ2v) is 7.16. The number of para-hydroxylation sites is 2. The Bertz CT molecular complexity index is 894. The number of benzene rings is 2. The number of hydrogen-bond donors (Lipinski definition) is 1. The fourth-order valence-electron chi connectivity index (χ4n) is 3.73. The van der Waals surface area contributed by atoms with Crippen LogP contribution in [0.15, 0.2) is 54.9 Å². The van der Waals surface area contributed by atoms with Crippen LogP contribution in [0.5, 0.6) is 0 Å². The van der Waals surface area contributed by atoms with Crippen LogP contribution in [0.3, 0.4) is 0 Å². The second kappa shape index (κ2) is 8.35. The summed E-state index contributed by atoms with van der Waals surface area (Å²) in [5.74, 6) is -0.00400. The molecule has 0 unspecified atom stereocenters. The average Bonchev–Trinajstić information content (AvgIpc) is 3.16. The highest BCUT2D eigenvalue weighted by Gasteiger charge is 2.10. The number of imidazole rings is 1. The minimum absolute atomic E-state index is 0.00400. The lowest BCUT2D eigenvalue weighted by Crippen LogP contribution is -2.33. The first-order valence-corrected chi connectivity index (χ1v) is 9.84. The first-order valence-electron chi connectivity index (χ1n) is 9.84. The predicted molar refractivity (Wildman–Crippen MR) is 108 cm³/mol. The molecule has 2 aromatic carbocycles. The molecule has 0 aliphatic carbocycles. The molecule has 0 saturated carbocycles. The van der Waals surface area contributed by atoms with E-state index in [9.17, 15) is 4.79 Å². The second-order valence-electron chi connectivity index (χ2n) is 7.16. The zero-order chi connectivity index (χ0) is 18.5.